The summed E-state index contributed by atoms with van der Waals surface area (Å²) in [4.78, 5) is 4.10. The molecule has 0 saturated carbocycles. The molecular formula is C15H12F6N2. The number of alkyl halides is 6. The minimum absolute atomic E-state index is 0.0616. The summed E-state index contributed by atoms with van der Waals surface area (Å²) in [5.74, 6) is 0.393. The number of benzene rings is 1. The fourth-order valence-electron chi connectivity index (χ4n) is 2.85. The van der Waals surface area contributed by atoms with Crippen LogP contribution in [0.4, 0.5) is 26.3 Å². The number of imidazole rings is 1. The summed E-state index contributed by atoms with van der Waals surface area (Å²) in [5, 5.41) is 0. The van der Waals surface area contributed by atoms with Crippen LogP contribution < -0.4 is 0 Å². The SMILES string of the molecule is FC(F)(F)c1cc(C2CCc3nccn3C2)cc(C(F)(F)F)c1. The molecule has 1 aliphatic heterocycles. The van der Waals surface area contributed by atoms with Gasteiger partial charge in [0.15, 0.2) is 0 Å². The smallest absolute Gasteiger partial charge is 0.334 e. The Balaban J connectivity index is 2.02. The second-order valence-corrected chi connectivity index (χ2v) is 5.57. The van der Waals surface area contributed by atoms with Gasteiger partial charge >= 0.3 is 12.4 Å². The largest absolute Gasteiger partial charge is 0.416 e. The highest BCUT2D eigenvalue weighted by Crippen LogP contribution is 2.39. The van der Waals surface area contributed by atoms with Crippen LogP contribution in [-0.4, -0.2) is 9.55 Å². The molecule has 1 atom stereocenters. The van der Waals surface area contributed by atoms with Gasteiger partial charge in [0.25, 0.3) is 0 Å². The van der Waals surface area contributed by atoms with Crippen molar-refractivity contribution in [3.63, 3.8) is 0 Å². The van der Waals surface area contributed by atoms with Crippen LogP contribution in [0.1, 0.15) is 34.9 Å². The molecule has 2 heterocycles. The van der Waals surface area contributed by atoms with Gasteiger partial charge in [-0.25, -0.2) is 4.98 Å². The van der Waals surface area contributed by atoms with E-state index in [1.54, 1.807) is 17.0 Å². The Morgan fingerprint density at radius 2 is 1.57 bits per heavy atom. The second kappa shape index (κ2) is 5.28. The van der Waals surface area contributed by atoms with Gasteiger partial charge in [0.1, 0.15) is 5.82 Å². The van der Waals surface area contributed by atoms with Crippen LogP contribution in [0.3, 0.4) is 0 Å². The standard InChI is InChI=1S/C15H12F6N2/c16-14(17,18)11-5-10(6-12(7-11)15(19,20)21)9-1-2-13-22-3-4-23(13)8-9/h3-7,9H,1-2,8H2. The molecule has 1 aliphatic rings. The zero-order chi connectivity index (χ0) is 16.8. The zero-order valence-electron chi connectivity index (χ0n) is 11.7. The van der Waals surface area contributed by atoms with Gasteiger partial charge in [-0.2, -0.15) is 26.3 Å². The number of halogens is 6. The molecule has 0 N–H and O–H groups in total. The second-order valence-electron chi connectivity index (χ2n) is 5.57. The quantitative estimate of drug-likeness (QED) is 0.694. The molecule has 3 rings (SSSR count). The summed E-state index contributed by atoms with van der Waals surface area (Å²) >= 11 is 0. The molecule has 8 heteroatoms. The predicted octanol–water partition coefficient (Wildman–Crippen LogP) is 4.65. The maximum absolute atomic E-state index is 12.9. The third-order valence-electron chi connectivity index (χ3n) is 4.02. The first-order valence-corrected chi connectivity index (χ1v) is 6.94. The fourth-order valence-corrected chi connectivity index (χ4v) is 2.85. The van der Waals surface area contributed by atoms with Crippen molar-refractivity contribution >= 4 is 0 Å². The highest BCUT2D eigenvalue weighted by atomic mass is 19.4. The first-order chi connectivity index (χ1) is 10.6. The average Bonchev–Trinajstić information content (AvgIpc) is 2.92. The van der Waals surface area contributed by atoms with Crippen molar-refractivity contribution in [3.8, 4) is 0 Å². The van der Waals surface area contributed by atoms with Crippen LogP contribution in [-0.2, 0) is 25.3 Å². The van der Waals surface area contributed by atoms with Crippen LogP contribution in [0.25, 0.3) is 0 Å². The van der Waals surface area contributed by atoms with E-state index in [-0.39, 0.29) is 11.6 Å². The van der Waals surface area contributed by atoms with E-state index in [1.165, 1.54) is 0 Å². The Kier molecular flexibility index (Phi) is 3.65. The summed E-state index contributed by atoms with van der Waals surface area (Å²) < 4.78 is 79.2. The van der Waals surface area contributed by atoms with Gasteiger partial charge in [-0.05, 0) is 30.2 Å². The maximum atomic E-state index is 12.9. The fraction of sp³-hybridized carbons (Fsp3) is 0.400. The van der Waals surface area contributed by atoms with Gasteiger partial charge in [-0.3, -0.25) is 0 Å². The van der Waals surface area contributed by atoms with E-state index in [4.69, 9.17) is 0 Å². The van der Waals surface area contributed by atoms with Crippen LogP contribution in [0, 0.1) is 0 Å². The van der Waals surface area contributed by atoms with E-state index in [2.05, 4.69) is 4.98 Å². The first kappa shape index (κ1) is 15.9. The minimum Gasteiger partial charge on any atom is -0.334 e. The lowest BCUT2D eigenvalue weighted by Crippen LogP contribution is -2.20. The third-order valence-corrected chi connectivity index (χ3v) is 4.02. The Hall–Kier alpha value is -1.99. The van der Waals surface area contributed by atoms with Crippen molar-refractivity contribution in [2.45, 2.75) is 37.7 Å². The molecule has 23 heavy (non-hydrogen) atoms. The first-order valence-electron chi connectivity index (χ1n) is 6.94. The van der Waals surface area contributed by atoms with E-state index < -0.39 is 29.4 Å². The normalized spacial score (nSPS) is 18.8. The highest BCUT2D eigenvalue weighted by Gasteiger charge is 2.37. The molecule has 0 saturated heterocycles. The minimum atomic E-state index is -4.81. The zero-order valence-corrected chi connectivity index (χ0v) is 11.7. The summed E-state index contributed by atoms with van der Waals surface area (Å²) in [6, 6.07) is 1.80. The molecule has 0 spiro atoms. The van der Waals surface area contributed by atoms with Gasteiger partial charge in [0.05, 0.1) is 11.1 Å². The molecule has 2 nitrogen and oxygen atoms in total. The molecule has 0 aliphatic carbocycles. The highest BCUT2D eigenvalue weighted by molar-refractivity contribution is 5.36. The molecule has 2 aromatic rings. The van der Waals surface area contributed by atoms with E-state index in [9.17, 15) is 26.3 Å². The van der Waals surface area contributed by atoms with Crippen LogP contribution in [0.2, 0.25) is 0 Å². The molecule has 1 aromatic heterocycles. The lowest BCUT2D eigenvalue weighted by Gasteiger charge is -2.25. The summed E-state index contributed by atoms with van der Waals surface area (Å²) in [5.41, 5.74) is -2.47. The van der Waals surface area contributed by atoms with E-state index in [1.807, 2.05) is 0 Å². The van der Waals surface area contributed by atoms with Crippen molar-refractivity contribution in [1.82, 2.24) is 9.55 Å². The van der Waals surface area contributed by atoms with Gasteiger partial charge in [0.2, 0.25) is 0 Å². The van der Waals surface area contributed by atoms with E-state index in [0.29, 0.717) is 19.4 Å². The lowest BCUT2D eigenvalue weighted by atomic mass is 9.89. The number of fused-ring (bicyclic) bond motifs is 1. The van der Waals surface area contributed by atoms with Crippen LogP contribution in [0.15, 0.2) is 30.6 Å². The number of hydrogen-bond acceptors (Lipinski definition) is 1. The number of rotatable bonds is 1. The van der Waals surface area contributed by atoms with Crippen molar-refractivity contribution in [2.24, 2.45) is 0 Å². The van der Waals surface area contributed by atoms with Crippen molar-refractivity contribution in [3.05, 3.63) is 53.1 Å². The van der Waals surface area contributed by atoms with Crippen molar-refractivity contribution in [2.75, 3.05) is 0 Å². The van der Waals surface area contributed by atoms with Crippen molar-refractivity contribution in [1.29, 1.82) is 0 Å². The predicted molar refractivity (Wildman–Crippen MR) is 69.7 cm³/mol. The molecule has 0 amide bonds. The Morgan fingerprint density at radius 1 is 0.957 bits per heavy atom. The van der Waals surface area contributed by atoms with Gasteiger partial charge in [-0.1, -0.05) is 0 Å². The Labute approximate surface area is 127 Å². The number of aryl methyl sites for hydroxylation is 1. The maximum Gasteiger partial charge on any atom is 0.416 e. The van der Waals surface area contributed by atoms with Gasteiger partial charge in [0, 0.05) is 31.3 Å². The molecular weight excluding hydrogens is 322 g/mol. The molecule has 1 unspecified atom stereocenters. The van der Waals surface area contributed by atoms with Crippen LogP contribution >= 0.6 is 0 Å². The lowest BCUT2D eigenvalue weighted by molar-refractivity contribution is -0.143. The third kappa shape index (κ3) is 3.20. The number of hydrogen-bond donors (Lipinski definition) is 0. The van der Waals surface area contributed by atoms with Crippen LogP contribution in [0.5, 0.6) is 0 Å². The summed E-state index contributed by atoms with van der Waals surface area (Å²) in [7, 11) is 0. The monoisotopic (exact) mass is 334 g/mol. The molecule has 0 fully saturated rings. The molecule has 1 aromatic carbocycles. The Bertz CT molecular complexity index is 681. The Morgan fingerprint density at radius 3 is 2.13 bits per heavy atom. The van der Waals surface area contributed by atoms with Crippen molar-refractivity contribution < 1.29 is 26.3 Å². The summed E-state index contributed by atoms with van der Waals surface area (Å²) in [6.45, 7) is 0.327. The van der Waals surface area contributed by atoms with Gasteiger partial charge < -0.3 is 4.57 Å². The molecule has 124 valence electrons. The number of nitrogens with zero attached hydrogens (tertiary/aromatic N) is 2. The van der Waals surface area contributed by atoms with E-state index >= 15 is 0 Å². The average molecular weight is 334 g/mol. The molecule has 0 bridgehead atoms. The molecule has 0 radical (unpaired) electrons. The van der Waals surface area contributed by atoms with E-state index in [0.717, 1.165) is 18.0 Å². The topological polar surface area (TPSA) is 17.8 Å². The summed E-state index contributed by atoms with van der Waals surface area (Å²) in [6.07, 6.45) is -5.38. The van der Waals surface area contributed by atoms with Gasteiger partial charge in [-0.15, -0.1) is 0 Å². The number of aromatic nitrogens is 2.